The highest BCUT2D eigenvalue weighted by Crippen LogP contribution is 2.37. The van der Waals surface area contributed by atoms with Crippen molar-refractivity contribution < 1.29 is 44.5 Å². The largest absolute Gasteiger partial charge is 0.504 e. The van der Waals surface area contributed by atoms with E-state index in [1.54, 1.807) is 18.2 Å². The normalized spacial score (nSPS) is 26.1. The zero-order chi connectivity index (χ0) is 22.3. The number of aromatic hydroxyl groups is 2. The fourth-order valence-electron chi connectivity index (χ4n) is 3.37. The number of ether oxygens (including phenoxy) is 2. The topological polar surface area (TPSA) is 170 Å². The van der Waals surface area contributed by atoms with Crippen LogP contribution in [0.1, 0.15) is 0 Å². The molecular formula is C21H20O10. The van der Waals surface area contributed by atoms with Crippen LogP contribution in [-0.4, -0.2) is 68.0 Å². The van der Waals surface area contributed by atoms with Crippen molar-refractivity contribution in [2.45, 2.75) is 30.7 Å². The highest BCUT2D eigenvalue weighted by molar-refractivity contribution is 5.82. The first kappa shape index (κ1) is 21.1. The lowest BCUT2D eigenvalue weighted by Crippen LogP contribution is -2.60. The van der Waals surface area contributed by atoms with Gasteiger partial charge in [0.05, 0.1) is 12.0 Å². The van der Waals surface area contributed by atoms with E-state index in [2.05, 4.69) is 0 Å². The Morgan fingerprint density at radius 3 is 2.39 bits per heavy atom. The summed E-state index contributed by atoms with van der Waals surface area (Å²) >= 11 is 0. The van der Waals surface area contributed by atoms with Gasteiger partial charge < -0.3 is 44.5 Å². The molecule has 1 saturated heterocycles. The van der Waals surface area contributed by atoms with Gasteiger partial charge in [-0.15, -0.1) is 0 Å². The van der Waals surface area contributed by atoms with Crippen LogP contribution in [0.25, 0.3) is 22.3 Å². The number of phenols is 2. The highest BCUT2D eigenvalue weighted by Gasteiger charge is 2.45. The van der Waals surface area contributed by atoms with E-state index in [0.717, 1.165) is 6.07 Å². The molecule has 5 atom stereocenters. The first-order chi connectivity index (χ1) is 14.8. The van der Waals surface area contributed by atoms with Crippen LogP contribution in [-0.2, 0) is 4.74 Å². The maximum atomic E-state index is 13.2. The summed E-state index contributed by atoms with van der Waals surface area (Å²) in [7, 11) is 0. The van der Waals surface area contributed by atoms with Crippen molar-refractivity contribution in [3.05, 3.63) is 52.7 Å². The van der Waals surface area contributed by atoms with Crippen LogP contribution in [0.4, 0.5) is 0 Å². The highest BCUT2D eigenvalue weighted by atomic mass is 16.7. The number of rotatable bonds is 4. The fraction of sp³-hybridized carbons (Fsp3) is 0.286. The predicted octanol–water partition coefficient (Wildman–Crippen LogP) is 0.0499. The summed E-state index contributed by atoms with van der Waals surface area (Å²) in [4.78, 5) is 13.2. The van der Waals surface area contributed by atoms with E-state index in [1.807, 2.05) is 0 Å². The lowest BCUT2D eigenvalue weighted by atomic mass is 9.99. The molecule has 1 aliphatic rings. The van der Waals surface area contributed by atoms with Crippen molar-refractivity contribution >= 4 is 11.0 Å². The molecule has 1 fully saturated rings. The first-order valence-corrected chi connectivity index (χ1v) is 9.37. The molecule has 0 radical (unpaired) electrons. The average Bonchev–Trinajstić information content (AvgIpc) is 2.77. The van der Waals surface area contributed by atoms with Crippen molar-refractivity contribution in [2.24, 2.45) is 0 Å². The van der Waals surface area contributed by atoms with Crippen molar-refractivity contribution in [3.8, 4) is 28.6 Å². The molecule has 0 bridgehead atoms. The summed E-state index contributed by atoms with van der Waals surface area (Å²) in [5.74, 6) is -1.38. The molecule has 6 N–H and O–H groups in total. The van der Waals surface area contributed by atoms with E-state index in [9.17, 15) is 35.4 Å². The molecule has 2 heterocycles. The van der Waals surface area contributed by atoms with Gasteiger partial charge in [0.15, 0.2) is 17.3 Å². The summed E-state index contributed by atoms with van der Waals surface area (Å²) in [6.45, 7) is -0.671. The molecule has 0 amide bonds. The number of para-hydroxylation sites is 1. The van der Waals surface area contributed by atoms with Crippen molar-refractivity contribution in [2.75, 3.05) is 6.61 Å². The van der Waals surface area contributed by atoms with Crippen molar-refractivity contribution in [1.82, 2.24) is 0 Å². The van der Waals surface area contributed by atoms with Crippen LogP contribution in [0.15, 0.2) is 51.7 Å². The molecule has 4 rings (SSSR count). The van der Waals surface area contributed by atoms with Crippen LogP contribution in [0.3, 0.4) is 0 Å². The predicted molar refractivity (Wildman–Crippen MR) is 106 cm³/mol. The second kappa shape index (κ2) is 8.17. The molecule has 0 spiro atoms. The molecule has 3 aromatic rings. The molecule has 0 aliphatic carbocycles. The van der Waals surface area contributed by atoms with Gasteiger partial charge >= 0.3 is 0 Å². The summed E-state index contributed by atoms with van der Waals surface area (Å²) in [5.41, 5.74) is -0.227. The third-order valence-electron chi connectivity index (χ3n) is 5.08. The van der Waals surface area contributed by atoms with Gasteiger partial charge in [-0.3, -0.25) is 4.79 Å². The Kier molecular flexibility index (Phi) is 5.56. The Morgan fingerprint density at radius 2 is 1.68 bits per heavy atom. The first-order valence-electron chi connectivity index (χ1n) is 9.37. The monoisotopic (exact) mass is 432 g/mol. The van der Waals surface area contributed by atoms with Crippen LogP contribution in [0, 0.1) is 0 Å². The number of hydrogen-bond donors (Lipinski definition) is 6. The fourth-order valence-corrected chi connectivity index (χ4v) is 3.37. The minimum absolute atomic E-state index is 0.129. The van der Waals surface area contributed by atoms with E-state index in [0.29, 0.717) is 0 Å². The Bertz CT molecular complexity index is 1150. The van der Waals surface area contributed by atoms with Gasteiger partial charge in [-0.1, -0.05) is 12.1 Å². The number of fused-ring (bicyclic) bond motifs is 1. The van der Waals surface area contributed by atoms with Gasteiger partial charge in [0, 0.05) is 5.56 Å². The second-order valence-corrected chi connectivity index (χ2v) is 7.10. The van der Waals surface area contributed by atoms with Gasteiger partial charge in [-0.25, -0.2) is 0 Å². The molecule has 2 aromatic carbocycles. The van der Waals surface area contributed by atoms with Crippen molar-refractivity contribution in [3.63, 3.8) is 0 Å². The summed E-state index contributed by atoms with van der Waals surface area (Å²) in [6.07, 6.45) is -7.91. The van der Waals surface area contributed by atoms with E-state index in [-0.39, 0.29) is 28.0 Å². The lowest BCUT2D eigenvalue weighted by Gasteiger charge is -2.39. The molecule has 1 aliphatic heterocycles. The maximum Gasteiger partial charge on any atom is 0.235 e. The van der Waals surface area contributed by atoms with Crippen LogP contribution >= 0.6 is 0 Å². The van der Waals surface area contributed by atoms with E-state index in [1.165, 1.54) is 18.2 Å². The lowest BCUT2D eigenvalue weighted by molar-refractivity contribution is -0.277. The average molecular weight is 432 g/mol. The maximum absolute atomic E-state index is 13.2. The van der Waals surface area contributed by atoms with E-state index >= 15 is 0 Å². The molecule has 31 heavy (non-hydrogen) atoms. The zero-order valence-corrected chi connectivity index (χ0v) is 16.0. The van der Waals surface area contributed by atoms with Gasteiger partial charge in [-0.05, 0) is 30.3 Å². The van der Waals surface area contributed by atoms with Gasteiger partial charge in [0.25, 0.3) is 0 Å². The standard InChI is InChI=1S/C21H20O10/c22-8-14-16(26)17(27)18(28)21(30-14)31-20-15(25)10-3-1-2-4-13(10)29-19(20)9-5-6-11(23)12(24)7-9/h1-7,14,16-18,21-24,26-28H,8H2/t14-,16-,17+,18-,21+/m1/s1. The van der Waals surface area contributed by atoms with E-state index in [4.69, 9.17) is 13.9 Å². The molecule has 0 unspecified atom stereocenters. The van der Waals surface area contributed by atoms with Gasteiger partial charge in [-0.2, -0.15) is 0 Å². The third kappa shape index (κ3) is 3.71. The number of aliphatic hydroxyl groups is 4. The van der Waals surface area contributed by atoms with Crippen LogP contribution in [0.5, 0.6) is 17.2 Å². The van der Waals surface area contributed by atoms with Gasteiger partial charge in [0.1, 0.15) is 30.0 Å². The number of aliphatic hydroxyl groups excluding tert-OH is 4. The molecule has 10 heteroatoms. The van der Waals surface area contributed by atoms with E-state index < -0.39 is 54.2 Å². The number of hydrogen-bond acceptors (Lipinski definition) is 10. The SMILES string of the molecule is O=c1c(O[C@@H]2O[C@H](CO)[C@@H](O)[C@H](O)[C@H]2O)c(-c2ccc(O)c(O)c2)oc2ccccc12. The smallest absolute Gasteiger partial charge is 0.235 e. The quantitative estimate of drug-likeness (QED) is 0.310. The summed E-state index contributed by atoms with van der Waals surface area (Å²) < 4.78 is 16.8. The minimum Gasteiger partial charge on any atom is -0.504 e. The third-order valence-corrected chi connectivity index (χ3v) is 5.08. The Hall–Kier alpha value is -3.15. The molecule has 164 valence electrons. The Balaban J connectivity index is 1.85. The van der Waals surface area contributed by atoms with Gasteiger partial charge in [0.2, 0.25) is 17.5 Å². The number of benzene rings is 2. The molecule has 0 saturated carbocycles. The molecule has 1 aromatic heterocycles. The Labute approximate surface area is 174 Å². The summed E-state index contributed by atoms with van der Waals surface area (Å²) in [5, 5.41) is 59.2. The van der Waals surface area contributed by atoms with Crippen molar-refractivity contribution in [1.29, 1.82) is 0 Å². The second-order valence-electron chi connectivity index (χ2n) is 7.10. The minimum atomic E-state index is -1.75. The van der Waals surface area contributed by atoms with Crippen LogP contribution in [0.2, 0.25) is 0 Å². The Morgan fingerprint density at radius 1 is 0.935 bits per heavy atom. The number of phenolic OH excluding ortho intramolecular Hbond substituents is 2. The van der Waals surface area contributed by atoms with Crippen LogP contribution < -0.4 is 10.2 Å². The molecule has 10 nitrogen and oxygen atoms in total. The zero-order valence-electron chi connectivity index (χ0n) is 16.0. The molecular weight excluding hydrogens is 412 g/mol. The summed E-state index contributed by atoms with van der Waals surface area (Å²) in [6, 6.07) is 10.0.